The van der Waals surface area contributed by atoms with E-state index in [0.29, 0.717) is 0 Å². The van der Waals surface area contributed by atoms with Crippen molar-refractivity contribution in [3.05, 3.63) is 46.9 Å². The number of imidazole rings is 1. The Bertz CT molecular complexity index is 1100. The van der Waals surface area contributed by atoms with Gasteiger partial charge in [-0.05, 0) is 18.6 Å². The molecule has 1 unspecified atom stereocenters. The Morgan fingerprint density at radius 1 is 1.22 bits per heavy atom. The molecule has 170 valence electrons. The number of carboxylic acids is 1. The summed E-state index contributed by atoms with van der Waals surface area (Å²) in [6.45, 7) is -0.607. The number of ketones is 1. The predicted octanol–water partition coefficient (Wildman–Crippen LogP) is -1.50. The zero-order chi connectivity index (χ0) is 23.8. The molecule has 32 heavy (non-hydrogen) atoms. The van der Waals surface area contributed by atoms with E-state index in [-0.39, 0.29) is 24.2 Å². The minimum Gasteiger partial charge on any atom is -0.480 e. The van der Waals surface area contributed by atoms with Gasteiger partial charge in [0, 0.05) is 26.7 Å². The molecular weight excluding hydrogens is 424 g/mol. The highest BCUT2D eigenvalue weighted by atomic mass is 16.4. The number of aromatic nitrogens is 3. The molecule has 2 aromatic rings. The van der Waals surface area contributed by atoms with Crippen molar-refractivity contribution >= 4 is 35.2 Å². The lowest BCUT2D eigenvalue weighted by Gasteiger charge is -2.18. The van der Waals surface area contributed by atoms with E-state index in [1.54, 1.807) is 7.05 Å². The average molecular weight is 446 g/mol. The van der Waals surface area contributed by atoms with E-state index in [1.165, 1.54) is 42.5 Å². The van der Waals surface area contributed by atoms with Crippen LogP contribution in [0.1, 0.15) is 23.3 Å². The Morgan fingerprint density at radius 2 is 1.94 bits per heavy atom. The Morgan fingerprint density at radius 3 is 2.53 bits per heavy atom. The summed E-state index contributed by atoms with van der Waals surface area (Å²) in [6.07, 6.45) is 3.34. The smallest absolute Gasteiger partial charge is 0.323 e. The second kappa shape index (κ2) is 10.7. The topological polar surface area (TPSA) is 181 Å². The Hall–Kier alpha value is -4.29. The fourth-order valence-corrected chi connectivity index (χ4v) is 2.73. The quantitative estimate of drug-likeness (QED) is 0.318. The Labute approximate surface area is 181 Å². The van der Waals surface area contributed by atoms with E-state index in [0.717, 1.165) is 4.57 Å². The highest BCUT2D eigenvalue weighted by molar-refractivity contribution is 6.36. The number of nitrogens with one attached hydrogen (secondary N) is 3. The minimum atomic E-state index is -1.28. The third-order valence-electron chi connectivity index (χ3n) is 4.40. The second-order valence-electron chi connectivity index (χ2n) is 6.69. The van der Waals surface area contributed by atoms with Crippen molar-refractivity contribution in [2.75, 3.05) is 12.4 Å². The number of carbonyl (C=O) groups excluding carboxylic acids is 4. The molecule has 0 radical (unpaired) electrons. The third kappa shape index (κ3) is 6.10. The number of carbonyl (C=O) groups is 5. The van der Waals surface area contributed by atoms with Crippen molar-refractivity contribution < 1.29 is 29.1 Å². The number of carboxylic acid groups (broad SMARTS) is 1. The second-order valence-corrected chi connectivity index (χ2v) is 6.69. The van der Waals surface area contributed by atoms with Crippen LogP contribution in [0.4, 0.5) is 5.69 Å². The van der Waals surface area contributed by atoms with Gasteiger partial charge in [-0.3, -0.25) is 28.8 Å². The molecule has 0 aliphatic heterocycles. The number of hydrogen-bond donors (Lipinski definition) is 4. The molecule has 0 fully saturated rings. The molecule has 0 aromatic carbocycles. The average Bonchev–Trinajstić information content (AvgIpc) is 3.18. The largest absolute Gasteiger partial charge is 0.480 e. The van der Waals surface area contributed by atoms with Crippen molar-refractivity contribution in [3.8, 4) is 0 Å². The van der Waals surface area contributed by atoms with E-state index in [2.05, 4.69) is 20.9 Å². The standard InChI is InChI=1S/C19H22N6O7/c1-20-18(31)14(26)6-5-11(22-17(30)13-8-21-10-24(13)2)16(29)23-12-4-3-7-25(19(12)32)9-15(27)28/h3-4,7-8,10-11H,5-6,9H2,1-2H3,(H,20,31)(H,22,30)(H,23,29)(H,27,28). The van der Waals surface area contributed by atoms with Crippen LogP contribution in [0.25, 0.3) is 0 Å². The summed E-state index contributed by atoms with van der Waals surface area (Å²) >= 11 is 0. The maximum Gasteiger partial charge on any atom is 0.323 e. The normalized spacial score (nSPS) is 11.3. The third-order valence-corrected chi connectivity index (χ3v) is 4.40. The van der Waals surface area contributed by atoms with Crippen molar-refractivity contribution in [1.29, 1.82) is 0 Å². The lowest BCUT2D eigenvalue weighted by atomic mass is 10.1. The maximum atomic E-state index is 12.8. The van der Waals surface area contributed by atoms with Gasteiger partial charge >= 0.3 is 5.97 Å². The van der Waals surface area contributed by atoms with E-state index in [4.69, 9.17) is 5.11 Å². The van der Waals surface area contributed by atoms with Gasteiger partial charge in [0.25, 0.3) is 17.4 Å². The molecule has 2 aromatic heterocycles. The minimum absolute atomic E-state index is 0.143. The molecule has 0 aliphatic carbocycles. The van der Waals surface area contributed by atoms with Crippen LogP contribution in [0, 0.1) is 0 Å². The van der Waals surface area contributed by atoms with Crippen LogP contribution in [-0.2, 0) is 32.8 Å². The molecular formula is C19H22N6O7. The first-order chi connectivity index (χ1) is 15.1. The number of aryl methyl sites for hydroxylation is 1. The Balaban J connectivity index is 2.23. The maximum absolute atomic E-state index is 12.8. The number of nitrogens with zero attached hydrogens (tertiary/aromatic N) is 3. The first kappa shape index (κ1) is 24.0. The van der Waals surface area contributed by atoms with Crippen LogP contribution in [0.5, 0.6) is 0 Å². The number of amides is 3. The molecule has 0 saturated heterocycles. The SMILES string of the molecule is CNC(=O)C(=O)CCC(NC(=O)c1cncn1C)C(=O)Nc1cccn(CC(=O)O)c1=O. The van der Waals surface area contributed by atoms with Gasteiger partial charge in [-0.2, -0.15) is 0 Å². The van der Waals surface area contributed by atoms with Gasteiger partial charge in [-0.15, -0.1) is 0 Å². The van der Waals surface area contributed by atoms with Gasteiger partial charge in [0.2, 0.25) is 11.7 Å². The summed E-state index contributed by atoms with van der Waals surface area (Å²) in [5.74, 6) is -4.36. The molecule has 2 heterocycles. The summed E-state index contributed by atoms with van der Waals surface area (Å²) < 4.78 is 2.30. The van der Waals surface area contributed by atoms with Crippen molar-refractivity contribution in [2.45, 2.75) is 25.4 Å². The molecule has 0 aliphatic rings. The van der Waals surface area contributed by atoms with Gasteiger partial charge in [0.1, 0.15) is 24.0 Å². The van der Waals surface area contributed by atoms with Gasteiger partial charge < -0.3 is 30.2 Å². The van der Waals surface area contributed by atoms with Crippen molar-refractivity contribution in [1.82, 2.24) is 24.8 Å². The number of rotatable bonds is 10. The van der Waals surface area contributed by atoms with Crippen molar-refractivity contribution in [2.24, 2.45) is 7.05 Å². The monoisotopic (exact) mass is 446 g/mol. The molecule has 13 nitrogen and oxygen atoms in total. The number of anilines is 1. The summed E-state index contributed by atoms with van der Waals surface area (Å²) in [5.41, 5.74) is -0.832. The summed E-state index contributed by atoms with van der Waals surface area (Å²) in [5, 5.41) is 15.9. The molecule has 0 spiro atoms. The predicted molar refractivity (Wildman–Crippen MR) is 110 cm³/mol. The van der Waals surface area contributed by atoms with E-state index >= 15 is 0 Å². The van der Waals surface area contributed by atoms with Gasteiger partial charge in [0.15, 0.2) is 0 Å². The number of Topliss-reactive ketones (excluding diaryl/α,β-unsaturated/α-hetero) is 1. The van der Waals surface area contributed by atoms with Gasteiger partial charge in [0.05, 0.1) is 12.5 Å². The van der Waals surface area contributed by atoms with Gasteiger partial charge in [-0.25, -0.2) is 4.98 Å². The van der Waals surface area contributed by atoms with Gasteiger partial charge in [-0.1, -0.05) is 0 Å². The lowest BCUT2D eigenvalue weighted by Crippen LogP contribution is -2.45. The zero-order valence-corrected chi connectivity index (χ0v) is 17.3. The Kier molecular flexibility index (Phi) is 7.98. The van der Waals surface area contributed by atoms with E-state index in [1.807, 2.05) is 0 Å². The molecule has 3 amide bonds. The van der Waals surface area contributed by atoms with E-state index < -0.39 is 47.6 Å². The first-order valence-electron chi connectivity index (χ1n) is 9.38. The number of likely N-dealkylation sites (N-methyl/N-ethyl adjacent to an activating group) is 1. The summed E-state index contributed by atoms with van der Waals surface area (Å²) in [4.78, 5) is 75.7. The van der Waals surface area contributed by atoms with Crippen LogP contribution in [-0.4, -0.2) is 61.8 Å². The highest BCUT2D eigenvalue weighted by Crippen LogP contribution is 2.07. The molecule has 4 N–H and O–H groups in total. The van der Waals surface area contributed by atoms with Crippen LogP contribution < -0.4 is 21.5 Å². The summed E-state index contributed by atoms with van der Waals surface area (Å²) in [6, 6.07) is 1.37. The molecule has 0 bridgehead atoms. The lowest BCUT2D eigenvalue weighted by molar-refractivity contribution is -0.137. The van der Waals surface area contributed by atoms with Crippen LogP contribution in [0.15, 0.2) is 35.6 Å². The number of hydrogen-bond acceptors (Lipinski definition) is 7. The number of pyridine rings is 1. The number of aliphatic carboxylic acids is 1. The molecule has 0 saturated carbocycles. The molecule has 1 atom stereocenters. The fourth-order valence-electron chi connectivity index (χ4n) is 2.73. The van der Waals surface area contributed by atoms with Crippen LogP contribution in [0.3, 0.4) is 0 Å². The fraction of sp³-hybridized carbons (Fsp3) is 0.316. The first-order valence-corrected chi connectivity index (χ1v) is 9.38. The van der Waals surface area contributed by atoms with Crippen molar-refractivity contribution in [3.63, 3.8) is 0 Å². The highest BCUT2D eigenvalue weighted by Gasteiger charge is 2.25. The molecule has 2 rings (SSSR count). The van der Waals surface area contributed by atoms with Crippen LogP contribution in [0.2, 0.25) is 0 Å². The molecule has 13 heteroatoms. The van der Waals surface area contributed by atoms with Crippen LogP contribution >= 0.6 is 0 Å². The zero-order valence-electron chi connectivity index (χ0n) is 17.3. The van der Waals surface area contributed by atoms with E-state index in [9.17, 15) is 28.8 Å². The summed E-state index contributed by atoms with van der Waals surface area (Å²) in [7, 11) is 2.85.